The van der Waals surface area contributed by atoms with Crippen molar-refractivity contribution in [1.29, 1.82) is 0 Å². The van der Waals surface area contributed by atoms with E-state index in [-0.39, 0.29) is 42.8 Å². The topological polar surface area (TPSA) is 129 Å². The maximum atomic E-state index is 12.8. The summed E-state index contributed by atoms with van der Waals surface area (Å²) in [5.41, 5.74) is -1.40. The summed E-state index contributed by atoms with van der Waals surface area (Å²) < 4.78 is 0. The summed E-state index contributed by atoms with van der Waals surface area (Å²) in [4.78, 5) is 48.1. The highest BCUT2D eigenvalue weighted by Gasteiger charge is 2.74. The van der Waals surface area contributed by atoms with Gasteiger partial charge in [0.2, 0.25) is 0 Å². The Hall–Kier alpha value is -1.92. The average molecular weight is 437 g/mol. The number of hydrogen-bond acceptors (Lipinski definition) is 4. The van der Waals surface area contributed by atoms with Gasteiger partial charge in [0, 0.05) is 31.1 Å². The largest absolute Gasteiger partial charge is 0.481 e. The van der Waals surface area contributed by atoms with Crippen molar-refractivity contribution in [2.45, 2.75) is 90.9 Å². The summed E-state index contributed by atoms with van der Waals surface area (Å²) in [6.07, 6.45) is 6.27. The van der Waals surface area contributed by atoms with Crippen LogP contribution in [0.15, 0.2) is 0 Å². The van der Waals surface area contributed by atoms with Gasteiger partial charge in [-0.1, -0.05) is 20.3 Å². The van der Waals surface area contributed by atoms with Gasteiger partial charge in [0.25, 0.3) is 0 Å². The van der Waals surface area contributed by atoms with Crippen molar-refractivity contribution in [3.63, 3.8) is 0 Å². The molecule has 0 bridgehead atoms. The Kier molecular flexibility index (Phi) is 6.55. The molecule has 3 fully saturated rings. The van der Waals surface area contributed by atoms with Crippen molar-refractivity contribution < 1.29 is 34.5 Å². The number of unbranched alkanes of at least 4 members (excludes halogenated alkanes) is 1. The normalized spacial score (nSPS) is 39.5. The standard InChI is InChI=1S/C24H36O7/c1-3-24-15(6-4-5-7-19(26)27)8-10-22(24,2)11-9-18(21(30)31)23(24)14-17(25)12-16(23)13-20(28)29/h15-16,18H,3-14H2,1-2H3,(H,26,27)(H,28,29)(H,30,31). The molecule has 7 heteroatoms. The maximum absolute atomic E-state index is 12.8. The van der Waals surface area contributed by atoms with Crippen LogP contribution >= 0.6 is 0 Å². The molecule has 6 atom stereocenters. The number of fused-ring (bicyclic) bond motifs is 2. The second kappa shape index (κ2) is 8.55. The third-order valence-corrected chi connectivity index (χ3v) is 9.42. The predicted molar refractivity (Wildman–Crippen MR) is 112 cm³/mol. The van der Waals surface area contributed by atoms with E-state index in [4.69, 9.17) is 5.11 Å². The molecule has 3 rings (SSSR count). The molecule has 6 unspecified atom stereocenters. The molecule has 0 heterocycles. The number of carboxylic acids is 3. The second-order valence-corrected chi connectivity index (χ2v) is 10.4. The van der Waals surface area contributed by atoms with Crippen LogP contribution in [0.1, 0.15) is 90.9 Å². The molecule has 0 aromatic carbocycles. The second-order valence-electron chi connectivity index (χ2n) is 10.4. The number of carbonyl (C=O) groups is 4. The van der Waals surface area contributed by atoms with Crippen LogP contribution in [0.3, 0.4) is 0 Å². The lowest BCUT2D eigenvalue weighted by molar-refractivity contribution is -0.202. The number of Topliss-reactive ketones (excluding diaryl/α,β-unsaturated/α-hetero) is 1. The van der Waals surface area contributed by atoms with Crippen LogP contribution in [0.4, 0.5) is 0 Å². The molecule has 1 spiro atoms. The molecule has 0 radical (unpaired) electrons. The first-order chi connectivity index (χ1) is 14.5. The Balaban J connectivity index is 2.10. The van der Waals surface area contributed by atoms with Crippen molar-refractivity contribution >= 4 is 23.7 Å². The zero-order valence-electron chi connectivity index (χ0n) is 18.7. The lowest BCUT2D eigenvalue weighted by Gasteiger charge is -2.65. The molecule has 0 aromatic heterocycles. The maximum Gasteiger partial charge on any atom is 0.307 e. The minimum atomic E-state index is -0.974. The van der Waals surface area contributed by atoms with Crippen LogP contribution < -0.4 is 0 Å². The van der Waals surface area contributed by atoms with E-state index in [0.29, 0.717) is 12.8 Å². The van der Waals surface area contributed by atoms with E-state index in [1.54, 1.807) is 0 Å². The predicted octanol–water partition coefficient (Wildman–Crippen LogP) is 4.38. The van der Waals surface area contributed by atoms with Gasteiger partial charge in [0.05, 0.1) is 5.92 Å². The van der Waals surface area contributed by atoms with Gasteiger partial charge in [0.15, 0.2) is 0 Å². The van der Waals surface area contributed by atoms with Gasteiger partial charge in [0.1, 0.15) is 5.78 Å². The van der Waals surface area contributed by atoms with Crippen LogP contribution in [0.25, 0.3) is 0 Å². The van der Waals surface area contributed by atoms with Crippen molar-refractivity contribution in [2.75, 3.05) is 0 Å². The fourth-order valence-corrected chi connectivity index (χ4v) is 8.62. The third kappa shape index (κ3) is 3.58. The molecule has 7 nitrogen and oxygen atoms in total. The summed E-state index contributed by atoms with van der Waals surface area (Å²) >= 11 is 0. The molecule has 0 aliphatic heterocycles. The zero-order chi connectivity index (χ0) is 23.0. The Bertz CT molecular complexity index is 761. The first kappa shape index (κ1) is 23.7. The lowest BCUT2D eigenvalue weighted by Crippen LogP contribution is -2.62. The van der Waals surface area contributed by atoms with E-state index in [2.05, 4.69) is 13.8 Å². The molecule has 3 aliphatic rings. The number of carboxylic acid groups (broad SMARTS) is 3. The van der Waals surface area contributed by atoms with Crippen LogP contribution in [-0.2, 0) is 19.2 Å². The van der Waals surface area contributed by atoms with Crippen LogP contribution in [0.2, 0.25) is 0 Å². The number of aliphatic carboxylic acids is 3. The molecule has 3 N–H and O–H groups in total. The molecule has 0 aromatic rings. The summed E-state index contributed by atoms with van der Waals surface area (Å²) in [7, 11) is 0. The SMILES string of the molecule is CCC12C(CCCCC(=O)O)CCC1(C)CCC(C(=O)O)C21CC(=O)CC1CC(=O)O. The third-order valence-electron chi connectivity index (χ3n) is 9.42. The van der Waals surface area contributed by atoms with E-state index in [0.717, 1.165) is 38.5 Å². The number of rotatable bonds is 9. The number of carbonyl (C=O) groups excluding carboxylic acids is 1. The summed E-state index contributed by atoms with van der Waals surface area (Å²) in [6.45, 7) is 4.31. The Labute approximate surface area is 183 Å². The number of ketones is 1. The molecule has 174 valence electrons. The van der Waals surface area contributed by atoms with E-state index < -0.39 is 40.6 Å². The molecule has 0 saturated heterocycles. The summed E-state index contributed by atoms with van der Waals surface area (Å²) in [5, 5.41) is 28.9. The van der Waals surface area contributed by atoms with Crippen LogP contribution in [0.5, 0.6) is 0 Å². The van der Waals surface area contributed by atoms with Crippen LogP contribution in [0, 0.1) is 34.0 Å². The van der Waals surface area contributed by atoms with Crippen molar-refractivity contribution in [1.82, 2.24) is 0 Å². The van der Waals surface area contributed by atoms with Gasteiger partial charge in [-0.25, -0.2) is 0 Å². The lowest BCUT2D eigenvalue weighted by atomic mass is 9.38. The van der Waals surface area contributed by atoms with Crippen molar-refractivity contribution in [2.24, 2.45) is 34.0 Å². The van der Waals surface area contributed by atoms with Gasteiger partial charge in [-0.3, -0.25) is 19.2 Å². The smallest absolute Gasteiger partial charge is 0.307 e. The molecular weight excluding hydrogens is 400 g/mol. The fourth-order valence-electron chi connectivity index (χ4n) is 8.62. The summed E-state index contributed by atoms with van der Waals surface area (Å²) in [6, 6.07) is 0. The quantitative estimate of drug-likeness (QED) is 0.457. The van der Waals surface area contributed by atoms with Crippen molar-refractivity contribution in [3.8, 4) is 0 Å². The van der Waals surface area contributed by atoms with E-state index >= 15 is 0 Å². The van der Waals surface area contributed by atoms with Gasteiger partial charge in [-0.2, -0.15) is 0 Å². The monoisotopic (exact) mass is 436 g/mol. The number of hydrogen-bond donors (Lipinski definition) is 3. The molecule has 3 saturated carbocycles. The van der Waals surface area contributed by atoms with Gasteiger partial charge in [-0.15, -0.1) is 0 Å². The first-order valence-corrected chi connectivity index (χ1v) is 11.7. The molecular formula is C24H36O7. The Morgan fingerprint density at radius 2 is 1.68 bits per heavy atom. The van der Waals surface area contributed by atoms with Gasteiger partial charge < -0.3 is 15.3 Å². The minimum Gasteiger partial charge on any atom is -0.481 e. The van der Waals surface area contributed by atoms with Crippen molar-refractivity contribution in [3.05, 3.63) is 0 Å². The van der Waals surface area contributed by atoms with E-state index in [1.165, 1.54) is 0 Å². The Morgan fingerprint density at radius 3 is 2.26 bits per heavy atom. The van der Waals surface area contributed by atoms with E-state index in [9.17, 15) is 29.4 Å². The minimum absolute atomic E-state index is 0.00824. The first-order valence-electron chi connectivity index (χ1n) is 11.7. The molecule has 0 amide bonds. The highest BCUT2D eigenvalue weighted by molar-refractivity contribution is 5.85. The highest BCUT2D eigenvalue weighted by atomic mass is 16.4. The molecule has 3 aliphatic carbocycles. The average Bonchev–Trinajstić information content (AvgIpc) is 3.14. The zero-order valence-corrected chi connectivity index (χ0v) is 18.7. The highest BCUT2D eigenvalue weighted by Crippen LogP contribution is 2.78. The molecule has 31 heavy (non-hydrogen) atoms. The fraction of sp³-hybridized carbons (Fsp3) is 0.833. The van der Waals surface area contributed by atoms with Gasteiger partial charge in [-0.05, 0) is 67.6 Å². The van der Waals surface area contributed by atoms with Crippen LogP contribution in [-0.4, -0.2) is 39.0 Å². The van der Waals surface area contributed by atoms with Gasteiger partial charge >= 0.3 is 17.9 Å². The summed E-state index contributed by atoms with van der Waals surface area (Å²) in [5.74, 6) is -3.70. The van der Waals surface area contributed by atoms with E-state index in [1.807, 2.05) is 0 Å². The Morgan fingerprint density at radius 1 is 1.00 bits per heavy atom.